The van der Waals surface area contributed by atoms with Gasteiger partial charge in [0.25, 0.3) is 0 Å². The van der Waals surface area contributed by atoms with E-state index in [0.29, 0.717) is 16.5 Å². The maximum atomic E-state index is 11.1. The zero-order valence-electron chi connectivity index (χ0n) is 8.26. The van der Waals surface area contributed by atoms with Crippen LogP contribution in [0, 0.1) is 18.3 Å². The van der Waals surface area contributed by atoms with Gasteiger partial charge in [-0.05, 0) is 36.1 Å². The summed E-state index contributed by atoms with van der Waals surface area (Å²) in [5.74, 6) is 0. The summed E-state index contributed by atoms with van der Waals surface area (Å²) >= 11 is 1.00. The summed E-state index contributed by atoms with van der Waals surface area (Å²) in [7, 11) is -4.18. The summed E-state index contributed by atoms with van der Waals surface area (Å²) in [6, 6.07) is 6.91. The third-order valence-corrected chi connectivity index (χ3v) is 4.98. The van der Waals surface area contributed by atoms with Crippen molar-refractivity contribution in [1.29, 1.82) is 5.26 Å². The highest BCUT2D eigenvalue weighted by Gasteiger charge is 2.18. The minimum absolute atomic E-state index is 0.0578. The highest BCUT2D eigenvalue weighted by Crippen LogP contribution is 2.34. The zero-order valence-corrected chi connectivity index (χ0v) is 9.89. The van der Waals surface area contributed by atoms with E-state index in [2.05, 4.69) is 0 Å². The fourth-order valence-corrected chi connectivity index (χ4v) is 3.62. The Morgan fingerprint density at radius 3 is 2.69 bits per heavy atom. The first kappa shape index (κ1) is 11.1. The van der Waals surface area contributed by atoms with Crippen molar-refractivity contribution in [2.24, 2.45) is 0 Å². The van der Waals surface area contributed by atoms with Crippen LogP contribution in [0.3, 0.4) is 0 Å². The molecule has 0 spiro atoms. The molecule has 0 bridgehead atoms. The van der Waals surface area contributed by atoms with Crippen LogP contribution >= 0.6 is 11.3 Å². The van der Waals surface area contributed by atoms with E-state index in [9.17, 15) is 8.42 Å². The molecule has 1 aromatic heterocycles. The lowest BCUT2D eigenvalue weighted by molar-refractivity contribution is 0.485. The Hall–Kier alpha value is -1.42. The quantitative estimate of drug-likeness (QED) is 0.791. The number of hydrogen-bond donors (Lipinski definition) is 1. The highest BCUT2D eigenvalue weighted by molar-refractivity contribution is 7.88. The molecule has 0 amide bonds. The average molecular weight is 253 g/mol. The number of fused-ring (bicyclic) bond motifs is 1. The molecule has 2 rings (SSSR count). The van der Waals surface area contributed by atoms with E-state index in [1.54, 1.807) is 25.1 Å². The fraction of sp³-hybridized carbons (Fsp3) is 0.100. The van der Waals surface area contributed by atoms with E-state index in [4.69, 9.17) is 9.81 Å². The Morgan fingerprint density at radius 1 is 1.44 bits per heavy atom. The van der Waals surface area contributed by atoms with E-state index >= 15 is 0 Å². The lowest BCUT2D eigenvalue weighted by Crippen LogP contribution is -1.96. The molecule has 16 heavy (non-hydrogen) atoms. The third-order valence-electron chi connectivity index (χ3n) is 2.26. The van der Waals surface area contributed by atoms with Gasteiger partial charge in [-0.2, -0.15) is 13.7 Å². The molecule has 4 nitrogen and oxygen atoms in total. The number of nitrogens with zero attached hydrogens (tertiary/aromatic N) is 1. The Balaban J connectivity index is 2.85. The van der Waals surface area contributed by atoms with Crippen LogP contribution in [0.4, 0.5) is 0 Å². The summed E-state index contributed by atoms with van der Waals surface area (Å²) in [6.07, 6.45) is 0. The number of aryl methyl sites for hydroxylation is 1. The first-order valence-corrected chi connectivity index (χ1v) is 6.60. The Labute approximate surface area is 96.5 Å². The molecule has 0 radical (unpaired) electrons. The van der Waals surface area contributed by atoms with E-state index in [1.165, 1.54) is 0 Å². The molecule has 0 saturated heterocycles. The van der Waals surface area contributed by atoms with Crippen LogP contribution in [-0.4, -0.2) is 13.0 Å². The van der Waals surface area contributed by atoms with Gasteiger partial charge >= 0.3 is 10.1 Å². The molecule has 0 saturated carbocycles. The SMILES string of the molecule is Cc1c(S(=O)(=O)O)sc2ccc(C#N)cc12. The Morgan fingerprint density at radius 2 is 2.12 bits per heavy atom. The third kappa shape index (κ3) is 1.69. The molecule has 1 N–H and O–H groups in total. The van der Waals surface area contributed by atoms with E-state index in [0.717, 1.165) is 16.0 Å². The van der Waals surface area contributed by atoms with Gasteiger partial charge in [0.2, 0.25) is 0 Å². The second-order valence-electron chi connectivity index (χ2n) is 3.31. The predicted molar refractivity (Wildman–Crippen MR) is 61.1 cm³/mol. The molecule has 0 aliphatic heterocycles. The van der Waals surface area contributed by atoms with Crippen molar-refractivity contribution in [3.8, 4) is 6.07 Å². The van der Waals surface area contributed by atoms with Crippen molar-refractivity contribution in [1.82, 2.24) is 0 Å². The molecule has 1 aromatic carbocycles. The van der Waals surface area contributed by atoms with Gasteiger partial charge < -0.3 is 0 Å². The van der Waals surface area contributed by atoms with Crippen molar-refractivity contribution in [2.45, 2.75) is 11.1 Å². The van der Waals surface area contributed by atoms with Crippen LogP contribution in [0.1, 0.15) is 11.1 Å². The van der Waals surface area contributed by atoms with E-state index in [1.807, 2.05) is 6.07 Å². The van der Waals surface area contributed by atoms with Gasteiger partial charge in [-0.3, -0.25) is 4.55 Å². The van der Waals surface area contributed by atoms with E-state index in [-0.39, 0.29) is 4.21 Å². The highest BCUT2D eigenvalue weighted by atomic mass is 32.3. The molecule has 0 atom stereocenters. The van der Waals surface area contributed by atoms with Crippen LogP contribution in [-0.2, 0) is 10.1 Å². The van der Waals surface area contributed by atoms with Gasteiger partial charge in [0.1, 0.15) is 0 Å². The van der Waals surface area contributed by atoms with Crippen molar-refractivity contribution in [3.63, 3.8) is 0 Å². The number of hydrogen-bond acceptors (Lipinski definition) is 4. The molecular weight excluding hydrogens is 246 g/mol. The number of benzene rings is 1. The normalized spacial score (nSPS) is 11.6. The predicted octanol–water partition coefficient (Wildman–Crippen LogP) is 2.33. The van der Waals surface area contributed by atoms with E-state index < -0.39 is 10.1 Å². The van der Waals surface area contributed by atoms with Gasteiger partial charge in [-0.1, -0.05) is 0 Å². The van der Waals surface area contributed by atoms with Gasteiger partial charge in [0.15, 0.2) is 4.21 Å². The lowest BCUT2D eigenvalue weighted by Gasteiger charge is -1.93. The van der Waals surface area contributed by atoms with Gasteiger partial charge in [0.05, 0.1) is 11.6 Å². The number of nitriles is 1. The van der Waals surface area contributed by atoms with Gasteiger partial charge in [-0.15, -0.1) is 11.3 Å². The fourth-order valence-electron chi connectivity index (χ4n) is 1.51. The van der Waals surface area contributed by atoms with Crippen molar-refractivity contribution in [2.75, 3.05) is 0 Å². The zero-order chi connectivity index (χ0) is 11.9. The minimum atomic E-state index is -4.18. The maximum absolute atomic E-state index is 11.1. The molecule has 2 aromatic rings. The molecule has 82 valence electrons. The second kappa shape index (κ2) is 3.56. The number of rotatable bonds is 1. The topological polar surface area (TPSA) is 78.2 Å². The summed E-state index contributed by atoms with van der Waals surface area (Å²) < 4.78 is 31.9. The maximum Gasteiger partial charge on any atom is 0.304 e. The molecule has 0 aliphatic rings. The molecule has 1 heterocycles. The van der Waals surface area contributed by atoms with Crippen LogP contribution in [0.15, 0.2) is 22.4 Å². The Kier molecular flexibility index (Phi) is 2.46. The monoisotopic (exact) mass is 253 g/mol. The second-order valence-corrected chi connectivity index (χ2v) is 5.98. The molecule has 0 unspecified atom stereocenters. The Bertz CT molecular complexity index is 707. The van der Waals surface area contributed by atoms with Crippen LogP contribution in [0.2, 0.25) is 0 Å². The van der Waals surface area contributed by atoms with Crippen molar-refractivity contribution in [3.05, 3.63) is 29.3 Å². The molecule has 6 heteroatoms. The first-order valence-electron chi connectivity index (χ1n) is 4.34. The van der Waals surface area contributed by atoms with Gasteiger partial charge in [0, 0.05) is 4.70 Å². The summed E-state index contributed by atoms with van der Waals surface area (Å²) in [4.78, 5) is 0. The van der Waals surface area contributed by atoms with Gasteiger partial charge in [-0.25, -0.2) is 0 Å². The largest absolute Gasteiger partial charge is 0.304 e. The molecular formula is C10H7NO3S2. The summed E-state index contributed by atoms with van der Waals surface area (Å²) in [6.45, 7) is 1.61. The van der Waals surface area contributed by atoms with Crippen LogP contribution in [0.5, 0.6) is 0 Å². The van der Waals surface area contributed by atoms with Crippen LogP contribution < -0.4 is 0 Å². The average Bonchev–Trinajstić information content (AvgIpc) is 2.55. The first-order chi connectivity index (χ1) is 7.43. The summed E-state index contributed by atoms with van der Waals surface area (Å²) in [5.41, 5.74) is 0.954. The minimum Gasteiger partial charge on any atom is -0.281 e. The van der Waals surface area contributed by atoms with Crippen LogP contribution in [0.25, 0.3) is 10.1 Å². The lowest BCUT2D eigenvalue weighted by atomic mass is 10.1. The molecule has 0 fully saturated rings. The van der Waals surface area contributed by atoms with Crippen molar-refractivity contribution < 1.29 is 13.0 Å². The molecule has 0 aliphatic carbocycles. The summed E-state index contributed by atoms with van der Waals surface area (Å²) in [5, 5.41) is 9.43. The standard InChI is InChI=1S/C10H7NO3S2/c1-6-8-4-7(5-11)2-3-9(8)15-10(6)16(12,13)14/h2-4H,1H3,(H,12,13,14). The van der Waals surface area contributed by atoms with Crippen molar-refractivity contribution >= 4 is 31.5 Å². The smallest absolute Gasteiger partial charge is 0.281 e. The number of thiophene rings is 1.